The van der Waals surface area contributed by atoms with E-state index in [0.717, 1.165) is 0 Å². The van der Waals surface area contributed by atoms with Crippen LogP contribution >= 0.6 is 0 Å². The summed E-state index contributed by atoms with van der Waals surface area (Å²) in [5.41, 5.74) is 1.45. The molecule has 3 rings (SSSR count). The minimum Gasteiger partial charge on any atom is -0.386 e. The van der Waals surface area contributed by atoms with Crippen molar-refractivity contribution in [3.63, 3.8) is 0 Å². The highest BCUT2D eigenvalue weighted by Crippen LogP contribution is 2.26. The number of hydrogen-bond acceptors (Lipinski definition) is 7. The molecule has 1 atom stereocenters. The normalized spacial score (nSPS) is 11.7. The fourth-order valence-electron chi connectivity index (χ4n) is 3.64. The molecule has 0 bridgehead atoms. The second-order valence-corrected chi connectivity index (χ2v) is 8.74. The molecule has 1 heterocycles. The maximum Gasteiger partial charge on any atom is 0.491 e. The molecule has 2 aromatic carbocycles. The number of amides is 2. The molecule has 0 saturated carbocycles. The Kier molecular flexibility index (Phi) is 10.9. The molecule has 0 aliphatic heterocycles. The van der Waals surface area contributed by atoms with Gasteiger partial charge >= 0.3 is 18.1 Å². The second kappa shape index (κ2) is 14.5. The van der Waals surface area contributed by atoms with E-state index in [1.54, 1.807) is 42.6 Å². The molecule has 216 valence electrons. The van der Waals surface area contributed by atoms with Crippen LogP contribution < -0.4 is 16.0 Å². The Labute approximate surface area is 232 Å². The van der Waals surface area contributed by atoms with Crippen LogP contribution in [0.1, 0.15) is 30.9 Å². The van der Waals surface area contributed by atoms with Gasteiger partial charge in [0.1, 0.15) is 11.6 Å². The van der Waals surface area contributed by atoms with Crippen LogP contribution in [0.2, 0.25) is 0 Å². The van der Waals surface area contributed by atoms with Gasteiger partial charge in [0.15, 0.2) is 0 Å². The summed E-state index contributed by atoms with van der Waals surface area (Å²) in [6.45, 7) is -0.0148. The van der Waals surface area contributed by atoms with Crippen LogP contribution in [0.4, 0.5) is 23.4 Å². The minimum atomic E-state index is -5.38. The number of aromatic nitrogens is 1. The lowest BCUT2D eigenvalue weighted by molar-refractivity contribution is -0.202. The highest BCUT2D eigenvalue weighted by molar-refractivity contribution is 5.89. The molecule has 0 aliphatic carbocycles. The standard InChI is InChI=1S/C28H26F4N4O5/c29-21-11-9-18(10-12-21)19-5-3-6-20(15-19)22(16-26(39)41-27(40)28(30,31)32)36-25(38)17-35-24(37)8-4-14-34-23-7-1-2-13-33-23/h1-3,5-7,9-13,15,22H,4,8,14,16-17H2,(H,33,34)(H,35,37)(H,36,38). The summed E-state index contributed by atoms with van der Waals surface area (Å²) >= 11 is 0. The van der Waals surface area contributed by atoms with Crippen LogP contribution in [0.3, 0.4) is 0 Å². The zero-order chi connectivity index (χ0) is 29.8. The largest absolute Gasteiger partial charge is 0.491 e. The van der Waals surface area contributed by atoms with Crippen molar-refractivity contribution in [2.75, 3.05) is 18.4 Å². The third kappa shape index (κ3) is 10.4. The molecular weight excluding hydrogens is 548 g/mol. The molecule has 3 aromatic rings. The molecule has 0 aliphatic rings. The van der Waals surface area contributed by atoms with Crippen molar-refractivity contribution in [2.45, 2.75) is 31.5 Å². The van der Waals surface area contributed by atoms with E-state index in [1.165, 1.54) is 30.3 Å². The van der Waals surface area contributed by atoms with Crippen LogP contribution in [-0.2, 0) is 23.9 Å². The van der Waals surface area contributed by atoms with Gasteiger partial charge in [-0.25, -0.2) is 14.2 Å². The predicted octanol–water partition coefficient (Wildman–Crippen LogP) is 4.08. The van der Waals surface area contributed by atoms with E-state index in [9.17, 15) is 36.7 Å². The van der Waals surface area contributed by atoms with Gasteiger partial charge in [-0.3, -0.25) is 14.4 Å². The Morgan fingerprint density at radius 1 is 0.902 bits per heavy atom. The van der Waals surface area contributed by atoms with E-state index < -0.39 is 54.8 Å². The number of ether oxygens (including phenoxy) is 1. The van der Waals surface area contributed by atoms with Crippen molar-refractivity contribution < 1.29 is 41.5 Å². The Balaban J connectivity index is 1.62. The number of nitrogens with one attached hydrogen (secondary N) is 3. The number of rotatable bonds is 12. The van der Waals surface area contributed by atoms with Crippen molar-refractivity contribution in [3.8, 4) is 11.1 Å². The maximum absolute atomic E-state index is 13.3. The van der Waals surface area contributed by atoms with Gasteiger partial charge in [-0.1, -0.05) is 36.4 Å². The average molecular weight is 575 g/mol. The molecule has 3 N–H and O–H groups in total. The van der Waals surface area contributed by atoms with Crippen molar-refractivity contribution in [1.82, 2.24) is 15.6 Å². The third-order valence-corrected chi connectivity index (χ3v) is 5.61. The van der Waals surface area contributed by atoms with Gasteiger partial charge in [-0.2, -0.15) is 13.2 Å². The lowest BCUT2D eigenvalue weighted by atomic mass is 9.97. The van der Waals surface area contributed by atoms with Gasteiger partial charge in [0.2, 0.25) is 11.8 Å². The first kappa shape index (κ1) is 30.7. The zero-order valence-corrected chi connectivity index (χ0v) is 21.5. The minimum absolute atomic E-state index is 0.0993. The summed E-state index contributed by atoms with van der Waals surface area (Å²) in [6.07, 6.45) is -4.03. The number of nitrogens with zero attached hydrogens (tertiary/aromatic N) is 1. The first-order valence-electron chi connectivity index (χ1n) is 12.4. The number of alkyl halides is 3. The number of hydrogen-bond donors (Lipinski definition) is 3. The molecule has 1 aromatic heterocycles. The van der Waals surface area contributed by atoms with Crippen molar-refractivity contribution >= 4 is 29.6 Å². The van der Waals surface area contributed by atoms with Crippen LogP contribution in [0.25, 0.3) is 11.1 Å². The lowest BCUT2D eigenvalue weighted by Crippen LogP contribution is -2.39. The highest BCUT2D eigenvalue weighted by atomic mass is 19.4. The molecule has 13 heteroatoms. The van der Waals surface area contributed by atoms with Crippen LogP contribution in [-0.4, -0.2) is 48.0 Å². The first-order valence-corrected chi connectivity index (χ1v) is 12.4. The third-order valence-electron chi connectivity index (χ3n) is 5.61. The zero-order valence-electron chi connectivity index (χ0n) is 21.5. The second-order valence-electron chi connectivity index (χ2n) is 8.74. The summed E-state index contributed by atoms with van der Waals surface area (Å²) in [4.78, 5) is 52.1. The van der Waals surface area contributed by atoms with Crippen LogP contribution in [0.15, 0.2) is 72.9 Å². The number of anilines is 1. The number of carbonyl (C=O) groups is 4. The Morgan fingerprint density at radius 3 is 2.34 bits per heavy atom. The topological polar surface area (TPSA) is 126 Å². The fraction of sp³-hybridized carbons (Fsp3) is 0.250. The first-order chi connectivity index (χ1) is 19.5. The van der Waals surface area contributed by atoms with Gasteiger partial charge in [-0.15, -0.1) is 0 Å². The number of benzene rings is 2. The monoisotopic (exact) mass is 574 g/mol. The van der Waals surface area contributed by atoms with Crippen molar-refractivity contribution in [1.29, 1.82) is 0 Å². The van der Waals surface area contributed by atoms with Gasteiger partial charge in [0, 0.05) is 19.2 Å². The van der Waals surface area contributed by atoms with Crippen molar-refractivity contribution in [3.05, 3.63) is 84.3 Å². The van der Waals surface area contributed by atoms with E-state index in [-0.39, 0.29) is 6.42 Å². The highest BCUT2D eigenvalue weighted by Gasteiger charge is 2.42. The maximum atomic E-state index is 13.3. The summed E-state index contributed by atoms with van der Waals surface area (Å²) in [5.74, 6) is -5.17. The number of halogens is 4. The molecule has 41 heavy (non-hydrogen) atoms. The molecule has 0 saturated heterocycles. The Bertz CT molecular complexity index is 1350. The van der Waals surface area contributed by atoms with E-state index in [4.69, 9.17) is 0 Å². The SMILES string of the molecule is O=C(CCCNc1ccccn1)NCC(=O)NC(CC(=O)OC(=O)C(F)(F)F)c1cccc(-c2ccc(F)cc2)c1. The molecular formula is C28H26F4N4O5. The summed E-state index contributed by atoms with van der Waals surface area (Å²) in [6, 6.07) is 15.9. The van der Waals surface area contributed by atoms with E-state index >= 15 is 0 Å². The summed E-state index contributed by atoms with van der Waals surface area (Å²) < 4.78 is 54.9. The van der Waals surface area contributed by atoms with Gasteiger partial charge in [-0.05, 0) is 53.4 Å². The lowest BCUT2D eigenvalue weighted by Gasteiger charge is -2.20. The van der Waals surface area contributed by atoms with Crippen molar-refractivity contribution in [2.24, 2.45) is 0 Å². The number of pyridine rings is 1. The van der Waals surface area contributed by atoms with E-state index in [2.05, 4.69) is 25.7 Å². The Hall–Kier alpha value is -4.81. The van der Waals surface area contributed by atoms with Gasteiger partial charge < -0.3 is 20.7 Å². The van der Waals surface area contributed by atoms with E-state index in [1.807, 2.05) is 0 Å². The Morgan fingerprint density at radius 2 is 1.66 bits per heavy atom. The summed E-state index contributed by atoms with van der Waals surface area (Å²) in [5, 5.41) is 7.96. The molecule has 1 unspecified atom stereocenters. The van der Waals surface area contributed by atoms with E-state index in [0.29, 0.717) is 35.5 Å². The van der Waals surface area contributed by atoms with Gasteiger partial charge in [0.05, 0.1) is 19.0 Å². The molecule has 2 amide bonds. The van der Waals surface area contributed by atoms with Crippen LogP contribution in [0, 0.1) is 5.82 Å². The number of carbonyl (C=O) groups excluding carboxylic acids is 4. The quantitative estimate of drug-likeness (QED) is 0.129. The molecule has 0 spiro atoms. The average Bonchev–Trinajstić information content (AvgIpc) is 2.94. The molecule has 0 radical (unpaired) electrons. The summed E-state index contributed by atoms with van der Waals surface area (Å²) in [7, 11) is 0. The molecule has 9 nitrogen and oxygen atoms in total. The smallest absolute Gasteiger partial charge is 0.386 e. The fourth-order valence-corrected chi connectivity index (χ4v) is 3.64. The van der Waals surface area contributed by atoms with Gasteiger partial charge in [0.25, 0.3) is 0 Å². The predicted molar refractivity (Wildman–Crippen MR) is 139 cm³/mol. The van der Waals surface area contributed by atoms with Crippen LogP contribution in [0.5, 0.6) is 0 Å². The molecule has 0 fully saturated rings. The number of esters is 2.